The lowest BCUT2D eigenvalue weighted by atomic mass is 10.0. The lowest BCUT2D eigenvalue weighted by Gasteiger charge is -2.24. The predicted octanol–water partition coefficient (Wildman–Crippen LogP) is 8.36. The van der Waals surface area contributed by atoms with Crippen molar-refractivity contribution >= 4 is 28.8 Å². The Kier molecular flexibility index (Phi) is 7.45. The van der Waals surface area contributed by atoms with Gasteiger partial charge in [0, 0.05) is 36.2 Å². The fourth-order valence-corrected chi connectivity index (χ4v) is 4.67. The van der Waals surface area contributed by atoms with E-state index in [1.807, 2.05) is 74.9 Å². The minimum atomic E-state index is 0.627. The highest BCUT2D eigenvalue weighted by Gasteiger charge is 2.16. The normalized spacial score (nSPS) is 10.8. The third kappa shape index (κ3) is 5.97. The number of hydrogen-bond acceptors (Lipinski definition) is 6. The van der Waals surface area contributed by atoms with E-state index in [-0.39, 0.29) is 0 Å². The fourth-order valence-electron chi connectivity index (χ4n) is 4.67. The van der Waals surface area contributed by atoms with Crippen molar-refractivity contribution in [3.05, 3.63) is 151 Å². The molecule has 6 rings (SSSR count). The molecular weight excluding hydrogens is 504 g/mol. The van der Waals surface area contributed by atoms with Gasteiger partial charge in [-0.25, -0.2) is 15.0 Å². The molecule has 0 aliphatic heterocycles. The molecule has 0 saturated carbocycles. The number of pyridine rings is 4. The van der Waals surface area contributed by atoms with Gasteiger partial charge in [-0.1, -0.05) is 48.5 Å². The maximum atomic E-state index is 4.67. The van der Waals surface area contributed by atoms with Gasteiger partial charge in [-0.15, -0.1) is 0 Å². The Bertz CT molecular complexity index is 1690. The molecule has 2 aromatic carbocycles. The average molecular weight is 535 g/mol. The van der Waals surface area contributed by atoms with Gasteiger partial charge in [0.1, 0.15) is 17.5 Å². The zero-order chi connectivity index (χ0) is 28.0. The molecule has 0 radical (unpaired) electrons. The van der Waals surface area contributed by atoms with Gasteiger partial charge in [0.15, 0.2) is 0 Å². The largest absolute Gasteiger partial charge is 0.320 e. The lowest BCUT2D eigenvalue weighted by molar-refractivity contribution is 0.905. The van der Waals surface area contributed by atoms with Crippen LogP contribution in [0.25, 0.3) is 11.1 Å². The topological polar surface area (TPSA) is 58.0 Å². The van der Waals surface area contributed by atoms with Gasteiger partial charge < -0.3 is 4.90 Å². The highest BCUT2D eigenvalue weighted by Crippen LogP contribution is 2.34. The van der Waals surface area contributed by atoms with Crippen molar-refractivity contribution in [1.29, 1.82) is 0 Å². The van der Waals surface area contributed by atoms with Gasteiger partial charge in [0.05, 0.1) is 12.2 Å². The molecule has 41 heavy (non-hydrogen) atoms. The van der Waals surface area contributed by atoms with Crippen LogP contribution in [0.5, 0.6) is 0 Å². The Morgan fingerprint density at radius 3 is 1.59 bits per heavy atom. The third-order valence-electron chi connectivity index (χ3n) is 6.86. The molecule has 0 atom stereocenters. The summed E-state index contributed by atoms with van der Waals surface area (Å²) in [6.45, 7) is 4.72. The van der Waals surface area contributed by atoms with Crippen molar-refractivity contribution in [2.75, 3.05) is 9.80 Å². The van der Waals surface area contributed by atoms with Crippen LogP contribution in [0.4, 0.5) is 28.8 Å². The smallest absolute Gasteiger partial charge is 0.138 e. The van der Waals surface area contributed by atoms with E-state index >= 15 is 0 Å². The Morgan fingerprint density at radius 1 is 0.488 bits per heavy atom. The average Bonchev–Trinajstić information content (AvgIpc) is 3.03. The first-order chi connectivity index (χ1) is 20.1. The van der Waals surface area contributed by atoms with Crippen molar-refractivity contribution in [3.63, 3.8) is 0 Å². The van der Waals surface area contributed by atoms with Crippen LogP contribution >= 0.6 is 0 Å². The highest BCUT2D eigenvalue weighted by atomic mass is 15.2. The van der Waals surface area contributed by atoms with Crippen molar-refractivity contribution in [1.82, 2.24) is 19.9 Å². The van der Waals surface area contributed by atoms with Crippen LogP contribution in [0.15, 0.2) is 134 Å². The third-order valence-corrected chi connectivity index (χ3v) is 6.86. The van der Waals surface area contributed by atoms with Gasteiger partial charge in [-0.3, -0.25) is 9.88 Å². The lowest BCUT2D eigenvalue weighted by Crippen LogP contribution is -2.18. The number of aryl methyl sites for hydroxylation is 2. The molecule has 0 aliphatic carbocycles. The van der Waals surface area contributed by atoms with Crippen LogP contribution in [0.2, 0.25) is 0 Å². The van der Waals surface area contributed by atoms with Gasteiger partial charge >= 0.3 is 0 Å². The maximum Gasteiger partial charge on any atom is 0.138 e. The molecule has 0 fully saturated rings. The highest BCUT2D eigenvalue weighted by molar-refractivity contribution is 5.75. The molecule has 200 valence electrons. The van der Waals surface area contributed by atoms with E-state index in [1.165, 1.54) is 0 Å². The van der Waals surface area contributed by atoms with E-state index in [4.69, 9.17) is 0 Å². The van der Waals surface area contributed by atoms with Gasteiger partial charge in [0.25, 0.3) is 0 Å². The molecule has 0 saturated heterocycles. The number of hydrogen-bond donors (Lipinski definition) is 0. The molecule has 0 amide bonds. The van der Waals surface area contributed by atoms with Gasteiger partial charge in [0.2, 0.25) is 0 Å². The maximum absolute atomic E-state index is 4.67. The van der Waals surface area contributed by atoms with E-state index in [0.717, 1.165) is 56.8 Å². The monoisotopic (exact) mass is 534 g/mol. The number of anilines is 5. The molecule has 4 aromatic heterocycles. The molecule has 0 unspecified atom stereocenters. The standard InChI is InChI=1S/C35H30N6/c1-26-9-15-30(38-23-26)25-40(33-7-3-5-21-36-33)31-16-11-28(12-17-31)29-13-18-32(19-14-29)41(34-8-4-6-22-37-34)35-20-10-27(2)24-39-35/h3-24H,25H2,1-2H3. The first-order valence-electron chi connectivity index (χ1n) is 13.6. The van der Waals surface area contributed by atoms with E-state index in [9.17, 15) is 0 Å². The van der Waals surface area contributed by atoms with Crippen LogP contribution in [-0.4, -0.2) is 19.9 Å². The second kappa shape index (κ2) is 11.8. The Balaban J connectivity index is 1.28. The van der Waals surface area contributed by atoms with Crippen LogP contribution in [0.1, 0.15) is 16.8 Å². The summed E-state index contributed by atoms with van der Waals surface area (Å²) < 4.78 is 0. The van der Waals surface area contributed by atoms with Crippen LogP contribution < -0.4 is 9.80 Å². The summed E-state index contributed by atoms with van der Waals surface area (Å²) in [6.07, 6.45) is 7.41. The minimum Gasteiger partial charge on any atom is -0.320 e. The first-order valence-corrected chi connectivity index (χ1v) is 13.6. The number of nitrogens with zero attached hydrogens (tertiary/aromatic N) is 6. The first kappa shape index (κ1) is 25.9. The van der Waals surface area contributed by atoms with E-state index < -0.39 is 0 Å². The van der Waals surface area contributed by atoms with Crippen molar-refractivity contribution in [3.8, 4) is 11.1 Å². The van der Waals surface area contributed by atoms with Crippen molar-refractivity contribution in [2.45, 2.75) is 20.4 Å². The van der Waals surface area contributed by atoms with Crippen LogP contribution in [0.3, 0.4) is 0 Å². The zero-order valence-electron chi connectivity index (χ0n) is 23.1. The van der Waals surface area contributed by atoms with Gasteiger partial charge in [-0.2, -0.15) is 0 Å². The minimum absolute atomic E-state index is 0.627. The Hall–Kier alpha value is -5.36. The summed E-state index contributed by atoms with van der Waals surface area (Å²) in [6, 6.07) is 37.2. The molecule has 6 nitrogen and oxygen atoms in total. The molecule has 6 heteroatoms. The van der Waals surface area contributed by atoms with Crippen LogP contribution in [-0.2, 0) is 6.54 Å². The molecule has 0 bridgehead atoms. The molecule has 0 aliphatic rings. The summed E-state index contributed by atoms with van der Waals surface area (Å²) in [4.78, 5) is 22.7. The predicted molar refractivity (Wildman–Crippen MR) is 166 cm³/mol. The fraction of sp³-hybridized carbons (Fsp3) is 0.0857. The molecule has 0 N–H and O–H groups in total. The van der Waals surface area contributed by atoms with Gasteiger partial charge in [-0.05, 0) is 96.8 Å². The number of rotatable bonds is 8. The summed E-state index contributed by atoms with van der Waals surface area (Å²) in [5.41, 5.74) is 7.55. The van der Waals surface area contributed by atoms with Crippen LogP contribution in [0, 0.1) is 13.8 Å². The second-order valence-corrected chi connectivity index (χ2v) is 9.91. The second-order valence-electron chi connectivity index (χ2n) is 9.91. The summed E-state index contributed by atoms with van der Waals surface area (Å²) in [5.74, 6) is 2.52. The van der Waals surface area contributed by atoms with E-state index in [0.29, 0.717) is 6.54 Å². The molecular formula is C35H30N6. The van der Waals surface area contributed by atoms with E-state index in [2.05, 4.69) is 96.5 Å². The van der Waals surface area contributed by atoms with Crippen molar-refractivity contribution in [2.24, 2.45) is 0 Å². The van der Waals surface area contributed by atoms with E-state index in [1.54, 1.807) is 6.20 Å². The summed E-state index contributed by atoms with van der Waals surface area (Å²) in [7, 11) is 0. The summed E-state index contributed by atoms with van der Waals surface area (Å²) >= 11 is 0. The summed E-state index contributed by atoms with van der Waals surface area (Å²) in [5, 5.41) is 0. The van der Waals surface area contributed by atoms with Crippen molar-refractivity contribution < 1.29 is 0 Å². The molecule has 0 spiro atoms. The number of benzene rings is 2. The molecule has 6 aromatic rings. The Labute approximate surface area is 240 Å². The molecule has 4 heterocycles. The quantitative estimate of drug-likeness (QED) is 0.196. The number of aromatic nitrogens is 4. The Morgan fingerprint density at radius 2 is 1.05 bits per heavy atom. The zero-order valence-corrected chi connectivity index (χ0v) is 23.1. The SMILES string of the molecule is Cc1ccc(CN(c2ccc(-c3ccc(N(c4ccccn4)c4ccc(C)cn4)cc3)cc2)c2ccccn2)nc1.